The van der Waals surface area contributed by atoms with E-state index in [0.29, 0.717) is 0 Å². The van der Waals surface area contributed by atoms with Gasteiger partial charge >= 0.3 is 0 Å². The minimum absolute atomic E-state index is 1.09. The van der Waals surface area contributed by atoms with E-state index in [9.17, 15) is 0 Å². The van der Waals surface area contributed by atoms with Gasteiger partial charge in [0, 0.05) is 21.6 Å². The van der Waals surface area contributed by atoms with Crippen LogP contribution in [-0.4, -0.2) is 4.57 Å². The normalized spacial score (nSPS) is 13.1. The molecule has 0 unspecified atom stereocenters. The number of hydrogen-bond donors (Lipinski definition) is 0. The quantitative estimate of drug-likeness (QED) is 0.224. The van der Waals surface area contributed by atoms with E-state index >= 15 is 0 Å². The van der Waals surface area contributed by atoms with Gasteiger partial charge in [0.25, 0.3) is 0 Å². The summed E-state index contributed by atoms with van der Waals surface area (Å²) in [6, 6.07) is 42.4. The second-order valence-corrected chi connectivity index (χ2v) is 10.0. The zero-order valence-corrected chi connectivity index (χ0v) is 20.5. The van der Waals surface area contributed by atoms with Crippen molar-refractivity contribution in [3.8, 4) is 16.8 Å². The Bertz CT molecular complexity index is 2110. The van der Waals surface area contributed by atoms with Crippen LogP contribution in [0.2, 0.25) is 0 Å². The molecular weight excluding hydrogens is 446 g/mol. The summed E-state index contributed by atoms with van der Waals surface area (Å²) in [5.74, 6) is 0. The van der Waals surface area contributed by atoms with Gasteiger partial charge in [-0.3, -0.25) is 0 Å². The molecule has 1 aliphatic rings. The van der Waals surface area contributed by atoms with Crippen molar-refractivity contribution < 1.29 is 0 Å². The molecule has 1 nitrogen and oxygen atoms in total. The number of fused-ring (bicyclic) bond motifs is 9. The molecule has 0 saturated heterocycles. The number of nitrogens with zero attached hydrogens (tertiary/aromatic N) is 1. The highest BCUT2D eigenvalue weighted by Gasteiger charge is 2.13. The maximum absolute atomic E-state index is 2.44. The van der Waals surface area contributed by atoms with E-state index < -0.39 is 0 Å². The van der Waals surface area contributed by atoms with E-state index in [1.54, 1.807) is 0 Å². The molecule has 1 heteroatoms. The number of aromatic nitrogens is 1. The van der Waals surface area contributed by atoms with E-state index in [2.05, 4.69) is 132 Å². The number of hydrogen-bond acceptors (Lipinski definition) is 0. The predicted molar refractivity (Wildman–Crippen MR) is 159 cm³/mol. The fourth-order valence-corrected chi connectivity index (χ4v) is 6.34. The topological polar surface area (TPSA) is 4.93 Å². The van der Waals surface area contributed by atoms with Gasteiger partial charge < -0.3 is 4.57 Å². The molecule has 0 N–H and O–H groups in total. The van der Waals surface area contributed by atoms with Crippen LogP contribution < -0.4 is 10.6 Å². The lowest BCUT2D eigenvalue weighted by atomic mass is 9.92. The fourth-order valence-electron chi connectivity index (χ4n) is 6.34. The van der Waals surface area contributed by atoms with Gasteiger partial charge in [0.2, 0.25) is 0 Å². The van der Waals surface area contributed by atoms with Crippen LogP contribution in [0.1, 0.15) is 12.8 Å². The zero-order valence-electron chi connectivity index (χ0n) is 20.5. The van der Waals surface area contributed by atoms with Gasteiger partial charge in [-0.15, -0.1) is 0 Å². The van der Waals surface area contributed by atoms with Crippen molar-refractivity contribution in [3.63, 3.8) is 0 Å². The summed E-state index contributed by atoms with van der Waals surface area (Å²) in [4.78, 5) is 0. The summed E-state index contributed by atoms with van der Waals surface area (Å²) in [7, 11) is 0. The average Bonchev–Trinajstić information content (AvgIpc) is 3.32. The highest BCUT2D eigenvalue weighted by atomic mass is 15.0. The second kappa shape index (κ2) is 7.94. The Morgan fingerprint density at radius 2 is 1.03 bits per heavy atom. The third-order valence-corrected chi connectivity index (χ3v) is 7.99. The lowest BCUT2D eigenvalue weighted by Gasteiger charge is -2.13. The molecule has 7 aromatic rings. The van der Waals surface area contributed by atoms with Gasteiger partial charge in [0.1, 0.15) is 0 Å². The number of para-hydroxylation sites is 1. The van der Waals surface area contributed by atoms with Gasteiger partial charge in [0.15, 0.2) is 0 Å². The standard InChI is InChI=1S/C36H25N/c1-2-14-29-27(12-1)28-13-3-4-15-30(28)34-23-25(20-21-31(29)34)24-10-9-11-26(22-24)37-35-18-7-5-16-32(35)33-17-6-8-19-36(33)37/h1-5,7,9-23H,6,8H2. The van der Waals surface area contributed by atoms with Crippen molar-refractivity contribution >= 4 is 55.4 Å². The Balaban J connectivity index is 1.38. The van der Waals surface area contributed by atoms with Crippen molar-refractivity contribution in [1.29, 1.82) is 0 Å². The van der Waals surface area contributed by atoms with Crippen molar-refractivity contribution in [2.24, 2.45) is 0 Å². The van der Waals surface area contributed by atoms with Crippen LogP contribution in [0.4, 0.5) is 0 Å². The van der Waals surface area contributed by atoms with Crippen LogP contribution in [0, 0.1) is 0 Å². The third kappa shape index (κ3) is 3.04. The Labute approximate surface area is 215 Å². The molecule has 1 aliphatic carbocycles. The molecular formula is C36H25N. The van der Waals surface area contributed by atoms with Crippen LogP contribution in [0.15, 0.2) is 115 Å². The molecule has 8 rings (SSSR count). The van der Waals surface area contributed by atoms with Crippen LogP contribution in [0.5, 0.6) is 0 Å². The molecule has 0 amide bonds. The highest BCUT2D eigenvalue weighted by molar-refractivity contribution is 6.25. The summed E-state index contributed by atoms with van der Waals surface area (Å²) in [5.41, 5.74) is 4.97. The van der Waals surface area contributed by atoms with E-state index in [4.69, 9.17) is 0 Å². The minimum atomic E-state index is 1.09. The molecule has 0 atom stereocenters. The third-order valence-electron chi connectivity index (χ3n) is 7.99. The Morgan fingerprint density at radius 3 is 1.78 bits per heavy atom. The zero-order chi connectivity index (χ0) is 24.3. The molecule has 0 aliphatic heterocycles. The first kappa shape index (κ1) is 20.6. The summed E-state index contributed by atoms with van der Waals surface area (Å²) in [5, 5.41) is 11.9. The van der Waals surface area contributed by atoms with E-state index in [-0.39, 0.29) is 0 Å². The fraction of sp³-hybridized carbons (Fsp3) is 0.0556. The van der Waals surface area contributed by atoms with E-state index in [0.717, 1.165) is 12.8 Å². The first-order valence-electron chi connectivity index (χ1n) is 13.1. The second-order valence-electron chi connectivity index (χ2n) is 10.0. The van der Waals surface area contributed by atoms with Gasteiger partial charge in [-0.25, -0.2) is 0 Å². The van der Waals surface area contributed by atoms with Crippen LogP contribution in [0.25, 0.3) is 72.2 Å². The maximum Gasteiger partial charge on any atom is 0.0540 e. The van der Waals surface area contributed by atoms with Crippen molar-refractivity contribution in [1.82, 2.24) is 4.57 Å². The molecule has 0 spiro atoms. The summed E-state index contributed by atoms with van der Waals surface area (Å²) in [6.45, 7) is 0. The average molecular weight is 472 g/mol. The molecule has 6 aromatic carbocycles. The molecule has 0 radical (unpaired) electrons. The Hall–Kier alpha value is -4.62. The molecule has 174 valence electrons. The lowest BCUT2D eigenvalue weighted by molar-refractivity contribution is 1.02. The summed E-state index contributed by atoms with van der Waals surface area (Å²) >= 11 is 0. The maximum atomic E-state index is 2.44. The monoisotopic (exact) mass is 471 g/mol. The van der Waals surface area contributed by atoms with Gasteiger partial charge in [-0.2, -0.15) is 0 Å². The first-order valence-corrected chi connectivity index (χ1v) is 13.1. The van der Waals surface area contributed by atoms with Crippen molar-refractivity contribution in [3.05, 3.63) is 126 Å². The smallest absolute Gasteiger partial charge is 0.0540 e. The van der Waals surface area contributed by atoms with Gasteiger partial charge in [0.05, 0.1) is 5.52 Å². The highest BCUT2D eigenvalue weighted by Crippen LogP contribution is 2.37. The minimum Gasteiger partial charge on any atom is -0.310 e. The number of rotatable bonds is 2. The molecule has 0 fully saturated rings. The Kier molecular flexibility index (Phi) is 4.41. The van der Waals surface area contributed by atoms with E-state index in [1.165, 1.54) is 70.6 Å². The van der Waals surface area contributed by atoms with Crippen LogP contribution in [-0.2, 0) is 0 Å². The van der Waals surface area contributed by atoms with Crippen LogP contribution >= 0.6 is 0 Å². The predicted octanol–water partition coefficient (Wildman–Crippen LogP) is 8.11. The van der Waals surface area contributed by atoms with E-state index in [1.807, 2.05) is 0 Å². The molecule has 37 heavy (non-hydrogen) atoms. The molecule has 1 heterocycles. The van der Waals surface area contributed by atoms with Gasteiger partial charge in [-0.05, 0) is 80.6 Å². The van der Waals surface area contributed by atoms with Crippen molar-refractivity contribution in [2.45, 2.75) is 12.8 Å². The molecule has 0 bridgehead atoms. The SMILES string of the molecule is C1=c2c(n(-c3cccc(-c4ccc5c6ccccc6c6ccccc6c5c4)c3)c3ccccc23)=CCC1. The van der Waals surface area contributed by atoms with Crippen molar-refractivity contribution in [2.75, 3.05) is 0 Å². The molecule has 1 aromatic heterocycles. The first-order chi connectivity index (χ1) is 18.4. The summed E-state index contributed by atoms with van der Waals surface area (Å²) < 4.78 is 2.44. The Morgan fingerprint density at radius 1 is 0.432 bits per heavy atom. The van der Waals surface area contributed by atoms with Gasteiger partial charge in [-0.1, -0.05) is 103 Å². The lowest BCUT2D eigenvalue weighted by Crippen LogP contribution is -2.30. The number of benzene rings is 6. The molecule has 0 saturated carbocycles. The summed E-state index contributed by atoms with van der Waals surface area (Å²) in [6.07, 6.45) is 7.00. The largest absolute Gasteiger partial charge is 0.310 e. The van der Waals surface area contributed by atoms with Crippen LogP contribution in [0.3, 0.4) is 0 Å².